The maximum Gasteiger partial charge on any atom is 0.183 e. The van der Waals surface area contributed by atoms with E-state index >= 15 is 0 Å². The van der Waals surface area contributed by atoms with Gasteiger partial charge in [-0.05, 0) is 18.6 Å². The minimum absolute atomic E-state index is 0.0542. The van der Waals surface area contributed by atoms with Crippen molar-refractivity contribution in [2.24, 2.45) is 5.73 Å². The predicted molar refractivity (Wildman–Crippen MR) is 75.6 cm³/mol. The molecule has 106 valence electrons. The molecular formula is C15H23NO3. The largest absolute Gasteiger partial charge is 0.490 e. The zero-order chi connectivity index (χ0) is 14.1. The number of ether oxygens (including phenoxy) is 2. The van der Waals surface area contributed by atoms with E-state index < -0.39 is 6.04 Å². The quantitative estimate of drug-likeness (QED) is 0.550. The highest BCUT2D eigenvalue weighted by Crippen LogP contribution is 2.20. The van der Waals surface area contributed by atoms with Gasteiger partial charge in [0, 0.05) is 7.11 Å². The fourth-order valence-electron chi connectivity index (χ4n) is 1.79. The van der Waals surface area contributed by atoms with Crippen LogP contribution in [0.3, 0.4) is 0 Å². The number of hydrogen-bond donors (Lipinski definition) is 1. The number of methoxy groups -OCH3 is 1. The van der Waals surface area contributed by atoms with Gasteiger partial charge in [-0.2, -0.15) is 0 Å². The van der Waals surface area contributed by atoms with Gasteiger partial charge in [0.15, 0.2) is 5.78 Å². The zero-order valence-electron chi connectivity index (χ0n) is 11.7. The Hall–Kier alpha value is -1.39. The molecule has 0 radical (unpaired) electrons. The molecule has 2 N–H and O–H groups in total. The first-order valence-electron chi connectivity index (χ1n) is 6.71. The topological polar surface area (TPSA) is 61.6 Å². The number of Topliss-reactive ketones (excluding diaryl/α,β-unsaturated/α-hetero) is 1. The molecule has 1 rings (SSSR count). The predicted octanol–water partition coefficient (Wildman–Crippen LogP) is 2.41. The van der Waals surface area contributed by atoms with Gasteiger partial charge in [-0.3, -0.25) is 4.79 Å². The highest BCUT2D eigenvalue weighted by molar-refractivity contribution is 6.02. The summed E-state index contributed by atoms with van der Waals surface area (Å²) in [6.07, 6.45) is 2.70. The molecule has 0 aliphatic carbocycles. The monoisotopic (exact) mass is 265 g/mol. The Morgan fingerprint density at radius 2 is 2.05 bits per heavy atom. The fourth-order valence-corrected chi connectivity index (χ4v) is 1.79. The van der Waals surface area contributed by atoms with Crippen LogP contribution in [0.25, 0.3) is 0 Å². The fraction of sp³-hybridized carbons (Fsp3) is 0.533. The normalized spacial score (nSPS) is 12.2. The second-order valence-corrected chi connectivity index (χ2v) is 4.45. The highest BCUT2D eigenvalue weighted by atomic mass is 16.5. The van der Waals surface area contributed by atoms with Crippen LogP contribution in [0.4, 0.5) is 0 Å². The first-order chi connectivity index (χ1) is 9.20. The standard InChI is InChI=1S/C15H23NO3/c1-3-4-8-13(16)15(17)12-7-5-6-9-14(12)19-11-10-18-2/h5-7,9,13H,3-4,8,10-11,16H2,1-2H3. The Morgan fingerprint density at radius 3 is 2.74 bits per heavy atom. The molecule has 1 atom stereocenters. The lowest BCUT2D eigenvalue weighted by atomic mass is 9.99. The second-order valence-electron chi connectivity index (χ2n) is 4.45. The first kappa shape index (κ1) is 15.7. The lowest BCUT2D eigenvalue weighted by Gasteiger charge is -2.14. The van der Waals surface area contributed by atoms with Gasteiger partial charge in [-0.1, -0.05) is 31.9 Å². The van der Waals surface area contributed by atoms with Crippen molar-refractivity contribution in [3.63, 3.8) is 0 Å². The SMILES string of the molecule is CCCCC(N)C(=O)c1ccccc1OCCOC. The van der Waals surface area contributed by atoms with Gasteiger partial charge < -0.3 is 15.2 Å². The van der Waals surface area contributed by atoms with Crippen LogP contribution in [-0.2, 0) is 4.74 Å². The highest BCUT2D eigenvalue weighted by Gasteiger charge is 2.18. The molecule has 0 aliphatic rings. The lowest BCUT2D eigenvalue weighted by Crippen LogP contribution is -2.30. The smallest absolute Gasteiger partial charge is 0.183 e. The van der Waals surface area contributed by atoms with E-state index in [9.17, 15) is 4.79 Å². The summed E-state index contributed by atoms with van der Waals surface area (Å²) >= 11 is 0. The van der Waals surface area contributed by atoms with Crippen LogP contribution >= 0.6 is 0 Å². The van der Waals surface area contributed by atoms with E-state index in [-0.39, 0.29) is 5.78 Å². The molecular weight excluding hydrogens is 242 g/mol. The third-order valence-electron chi connectivity index (χ3n) is 2.90. The van der Waals surface area contributed by atoms with Gasteiger partial charge in [0.2, 0.25) is 0 Å². The molecule has 19 heavy (non-hydrogen) atoms. The third-order valence-corrected chi connectivity index (χ3v) is 2.90. The van der Waals surface area contributed by atoms with Crippen molar-refractivity contribution in [1.29, 1.82) is 0 Å². The molecule has 0 saturated carbocycles. The molecule has 0 aromatic heterocycles. The van der Waals surface area contributed by atoms with E-state index in [2.05, 4.69) is 6.92 Å². The summed E-state index contributed by atoms with van der Waals surface area (Å²) in [7, 11) is 1.61. The zero-order valence-corrected chi connectivity index (χ0v) is 11.7. The van der Waals surface area contributed by atoms with Crippen LogP contribution < -0.4 is 10.5 Å². The van der Waals surface area contributed by atoms with Gasteiger partial charge in [0.25, 0.3) is 0 Å². The Bertz CT molecular complexity index is 393. The van der Waals surface area contributed by atoms with Crippen molar-refractivity contribution in [3.8, 4) is 5.75 Å². The van der Waals surface area contributed by atoms with E-state index in [0.29, 0.717) is 30.9 Å². The lowest BCUT2D eigenvalue weighted by molar-refractivity contribution is 0.0948. The van der Waals surface area contributed by atoms with Crippen LogP contribution in [0.1, 0.15) is 36.5 Å². The Morgan fingerprint density at radius 1 is 1.32 bits per heavy atom. The van der Waals surface area contributed by atoms with Crippen molar-refractivity contribution < 1.29 is 14.3 Å². The summed E-state index contributed by atoms with van der Waals surface area (Å²) in [6, 6.07) is 6.76. The average Bonchev–Trinajstić information content (AvgIpc) is 2.44. The number of hydrogen-bond acceptors (Lipinski definition) is 4. The number of ketones is 1. The minimum Gasteiger partial charge on any atom is -0.490 e. The Balaban J connectivity index is 2.72. The molecule has 1 aromatic carbocycles. The number of para-hydroxylation sites is 1. The van der Waals surface area contributed by atoms with Crippen LogP contribution in [0.5, 0.6) is 5.75 Å². The van der Waals surface area contributed by atoms with Crippen LogP contribution in [-0.4, -0.2) is 32.1 Å². The van der Waals surface area contributed by atoms with Crippen molar-refractivity contribution >= 4 is 5.78 Å². The van der Waals surface area contributed by atoms with Crippen molar-refractivity contribution in [2.75, 3.05) is 20.3 Å². The summed E-state index contributed by atoms with van der Waals surface area (Å²) in [6.45, 7) is 2.99. The van der Waals surface area contributed by atoms with E-state index in [1.165, 1.54) is 0 Å². The summed E-state index contributed by atoms with van der Waals surface area (Å²) < 4.78 is 10.5. The van der Waals surface area contributed by atoms with Gasteiger partial charge >= 0.3 is 0 Å². The molecule has 0 heterocycles. The van der Waals surface area contributed by atoms with Gasteiger partial charge in [-0.25, -0.2) is 0 Å². The summed E-state index contributed by atoms with van der Waals surface area (Å²) in [4.78, 5) is 12.3. The maximum atomic E-state index is 12.3. The number of nitrogens with two attached hydrogens (primary N) is 1. The van der Waals surface area contributed by atoms with E-state index in [1.807, 2.05) is 12.1 Å². The summed E-state index contributed by atoms with van der Waals surface area (Å²) in [5.74, 6) is 0.526. The van der Waals surface area contributed by atoms with Crippen molar-refractivity contribution in [1.82, 2.24) is 0 Å². The van der Waals surface area contributed by atoms with Gasteiger partial charge in [-0.15, -0.1) is 0 Å². The molecule has 0 spiro atoms. The average molecular weight is 265 g/mol. The van der Waals surface area contributed by atoms with Crippen LogP contribution in [0.15, 0.2) is 24.3 Å². The molecule has 0 fully saturated rings. The molecule has 0 aliphatic heterocycles. The number of rotatable bonds is 9. The number of carbonyl (C=O) groups excluding carboxylic acids is 1. The Kier molecular flexibility index (Phi) is 7.15. The minimum atomic E-state index is -0.452. The summed E-state index contributed by atoms with van der Waals surface area (Å²) in [5, 5.41) is 0. The van der Waals surface area contributed by atoms with Crippen molar-refractivity contribution in [3.05, 3.63) is 29.8 Å². The molecule has 4 nitrogen and oxygen atoms in total. The van der Waals surface area contributed by atoms with E-state index in [0.717, 1.165) is 12.8 Å². The molecule has 0 bridgehead atoms. The number of benzene rings is 1. The first-order valence-corrected chi connectivity index (χ1v) is 6.71. The van der Waals surface area contributed by atoms with Crippen molar-refractivity contribution in [2.45, 2.75) is 32.2 Å². The second kappa shape index (κ2) is 8.67. The van der Waals surface area contributed by atoms with Crippen LogP contribution in [0.2, 0.25) is 0 Å². The van der Waals surface area contributed by atoms with Gasteiger partial charge in [0.05, 0.1) is 18.2 Å². The molecule has 1 aromatic rings. The molecule has 4 heteroatoms. The number of unbranched alkanes of at least 4 members (excludes halogenated alkanes) is 1. The van der Waals surface area contributed by atoms with E-state index in [4.69, 9.17) is 15.2 Å². The third kappa shape index (κ3) is 5.01. The molecule has 1 unspecified atom stereocenters. The summed E-state index contributed by atoms with van der Waals surface area (Å²) in [5.41, 5.74) is 6.49. The van der Waals surface area contributed by atoms with Gasteiger partial charge in [0.1, 0.15) is 12.4 Å². The Labute approximate surface area is 114 Å². The maximum absolute atomic E-state index is 12.3. The van der Waals surface area contributed by atoms with Crippen LogP contribution in [0, 0.1) is 0 Å². The molecule has 0 saturated heterocycles. The number of carbonyl (C=O) groups is 1. The molecule has 0 amide bonds. The van der Waals surface area contributed by atoms with E-state index in [1.54, 1.807) is 19.2 Å².